The average Bonchev–Trinajstić information content (AvgIpc) is 3.29. The maximum absolute atomic E-state index is 12.2. The van der Waals surface area contributed by atoms with Gasteiger partial charge in [-0.3, -0.25) is 4.79 Å². The van der Waals surface area contributed by atoms with E-state index in [4.69, 9.17) is 4.52 Å². The predicted molar refractivity (Wildman–Crippen MR) is 88.1 cm³/mol. The molecular formula is C15H21N7O2. The van der Waals surface area contributed by atoms with E-state index in [9.17, 15) is 4.79 Å². The molecule has 9 heteroatoms. The number of nitrogens with one attached hydrogen (secondary N) is 1. The highest BCUT2D eigenvalue weighted by atomic mass is 16.5. The molecule has 1 aliphatic rings. The van der Waals surface area contributed by atoms with Crippen molar-refractivity contribution in [3.05, 3.63) is 23.3 Å². The molecule has 2 aromatic heterocycles. The first-order valence-electron chi connectivity index (χ1n) is 7.78. The highest BCUT2D eigenvalue weighted by Gasteiger charge is 2.28. The van der Waals surface area contributed by atoms with Crippen LogP contribution >= 0.6 is 0 Å². The Labute approximate surface area is 140 Å². The molecule has 2 aromatic rings. The Morgan fingerprint density at radius 2 is 1.79 bits per heavy atom. The summed E-state index contributed by atoms with van der Waals surface area (Å²) in [4.78, 5) is 28.8. The minimum atomic E-state index is -0.302. The van der Waals surface area contributed by atoms with Crippen molar-refractivity contribution >= 4 is 17.8 Å². The maximum Gasteiger partial charge on any atom is 0.273 e. The van der Waals surface area contributed by atoms with Crippen molar-refractivity contribution in [1.82, 2.24) is 25.4 Å². The second kappa shape index (κ2) is 6.42. The lowest BCUT2D eigenvalue weighted by Crippen LogP contribution is -2.26. The summed E-state index contributed by atoms with van der Waals surface area (Å²) in [5.41, 5.74) is 0.284. The molecule has 2 heterocycles. The molecule has 0 unspecified atom stereocenters. The summed E-state index contributed by atoms with van der Waals surface area (Å²) in [6.45, 7) is 0.189. The maximum atomic E-state index is 12.2. The van der Waals surface area contributed by atoms with Gasteiger partial charge in [-0.15, -0.1) is 0 Å². The average molecular weight is 331 g/mol. The normalized spacial score (nSPS) is 13.7. The van der Waals surface area contributed by atoms with Crippen LogP contribution in [-0.4, -0.2) is 54.2 Å². The summed E-state index contributed by atoms with van der Waals surface area (Å²) < 4.78 is 5.20. The fourth-order valence-electron chi connectivity index (χ4n) is 2.08. The molecule has 9 nitrogen and oxygen atoms in total. The van der Waals surface area contributed by atoms with Crippen molar-refractivity contribution in [1.29, 1.82) is 0 Å². The number of hydrogen-bond acceptors (Lipinski definition) is 8. The van der Waals surface area contributed by atoms with Gasteiger partial charge in [-0.25, -0.2) is 0 Å². The van der Waals surface area contributed by atoms with Gasteiger partial charge in [0.2, 0.25) is 11.9 Å². The molecule has 3 rings (SSSR count). The fraction of sp³-hybridized carbons (Fsp3) is 0.533. The third kappa shape index (κ3) is 3.61. The number of amides is 1. The van der Waals surface area contributed by atoms with Crippen LogP contribution in [0.3, 0.4) is 0 Å². The highest BCUT2D eigenvalue weighted by Crippen LogP contribution is 2.40. The van der Waals surface area contributed by atoms with Crippen molar-refractivity contribution in [3.8, 4) is 0 Å². The second-order valence-electron chi connectivity index (χ2n) is 6.21. The summed E-state index contributed by atoms with van der Waals surface area (Å²) in [5.74, 6) is 2.46. The van der Waals surface area contributed by atoms with Crippen molar-refractivity contribution in [2.45, 2.75) is 25.3 Å². The van der Waals surface area contributed by atoms with Crippen LogP contribution in [0.15, 0.2) is 10.6 Å². The summed E-state index contributed by atoms with van der Waals surface area (Å²) >= 11 is 0. The molecule has 1 saturated carbocycles. The first kappa shape index (κ1) is 16.2. The topological polar surface area (TPSA) is 100 Å². The van der Waals surface area contributed by atoms with E-state index in [-0.39, 0.29) is 18.1 Å². The monoisotopic (exact) mass is 331 g/mol. The molecule has 1 N–H and O–H groups in total. The quantitative estimate of drug-likeness (QED) is 0.829. The minimum absolute atomic E-state index is 0.189. The van der Waals surface area contributed by atoms with Gasteiger partial charge in [0.1, 0.15) is 5.76 Å². The van der Waals surface area contributed by atoms with Gasteiger partial charge in [0.05, 0.1) is 6.54 Å². The zero-order chi connectivity index (χ0) is 17.3. The molecule has 128 valence electrons. The van der Waals surface area contributed by atoms with Crippen LogP contribution in [0.5, 0.6) is 0 Å². The smallest absolute Gasteiger partial charge is 0.273 e. The van der Waals surface area contributed by atoms with E-state index in [1.807, 2.05) is 28.2 Å². The third-order valence-electron chi connectivity index (χ3n) is 3.61. The van der Waals surface area contributed by atoms with Crippen molar-refractivity contribution < 1.29 is 9.32 Å². The molecule has 1 aliphatic carbocycles. The number of nitrogens with zero attached hydrogens (tertiary/aromatic N) is 6. The van der Waals surface area contributed by atoms with E-state index in [0.29, 0.717) is 23.6 Å². The lowest BCUT2D eigenvalue weighted by atomic mass is 10.3. The predicted octanol–water partition coefficient (Wildman–Crippen LogP) is 0.799. The second-order valence-corrected chi connectivity index (χ2v) is 6.21. The van der Waals surface area contributed by atoms with Gasteiger partial charge < -0.3 is 19.6 Å². The molecule has 1 amide bonds. The van der Waals surface area contributed by atoms with Crippen LogP contribution in [0.25, 0.3) is 0 Å². The Morgan fingerprint density at radius 1 is 1.17 bits per heavy atom. The molecule has 0 atom stereocenters. The Balaban J connectivity index is 1.69. The van der Waals surface area contributed by atoms with Crippen molar-refractivity contribution in [2.75, 3.05) is 38.0 Å². The zero-order valence-electron chi connectivity index (χ0n) is 14.3. The van der Waals surface area contributed by atoms with Gasteiger partial charge >= 0.3 is 0 Å². The van der Waals surface area contributed by atoms with E-state index in [0.717, 1.165) is 18.6 Å². The summed E-state index contributed by atoms with van der Waals surface area (Å²) in [6.07, 6.45) is 2.20. The number of rotatable bonds is 6. The first-order chi connectivity index (χ1) is 11.4. The largest absolute Gasteiger partial charge is 0.360 e. The molecule has 0 spiro atoms. The molecule has 0 radical (unpaired) electrons. The van der Waals surface area contributed by atoms with E-state index < -0.39 is 0 Å². The van der Waals surface area contributed by atoms with Crippen LogP contribution in [-0.2, 0) is 6.54 Å². The van der Waals surface area contributed by atoms with Crippen LogP contribution < -0.4 is 15.1 Å². The van der Waals surface area contributed by atoms with Crippen LogP contribution in [0.1, 0.15) is 40.8 Å². The van der Waals surface area contributed by atoms with Gasteiger partial charge in [-0.2, -0.15) is 15.0 Å². The Morgan fingerprint density at radius 3 is 2.33 bits per heavy atom. The van der Waals surface area contributed by atoms with Crippen LogP contribution in [0.2, 0.25) is 0 Å². The molecular weight excluding hydrogens is 310 g/mol. The number of aromatic nitrogens is 4. The standard InChI is InChI=1S/C15H21N7O2/c1-21(2)14-17-12(18-15(19-14)22(3)4)8-16-13(23)10-7-11(24-20-10)9-5-6-9/h7,9H,5-6,8H2,1-4H3,(H,16,23). The van der Waals surface area contributed by atoms with Gasteiger partial charge in [0, 0.05) is 40.2 Å². The number of hydrogen-bond donors (Lipinski definition) is 1. The van der Waals surface area contributed by atoms with Crippen LogP contribution in [0, 0.1) is 0 Å². The molecule has 1 fully saturated rings. The van der Waals surface area contributed by atoms with Crippen molar-refractivity contribution in [2.24, 2.45) is 0 Å². The van der Waals surface area contributed by atoms with Gasteiger partial charge in [0.15, 0.2) is 11.5 Å². The Hall–Kier alpha value is -2.71. The van der Waals surface area contributed by atoms with Crippen molar-refractivity contribution in [3.63, 3.8) is 0 Å². The van der Waals surface area contributed by atoms with E-state index in [2.05, 4.69) is 25.4 Å². The molecule has 0 aliphatic heterocycles. The van der Waals surface area contributed by atoms with E-state index in [1.165, 1.54) is 0 Å². The highest BCUT2D eigenvalue weighted by molar-refractivity contribution is 5.92. The third-order valence-corrected chi connectivity index (χ3v) is 3.61. The number of carbonyl (C=O) groups excluding carboxylic acids is 1. The van der Waals surface area contributed by atoms with E-state index >= 15 is 0 Å². The Bertz CT molecular complexity index is 711. The Kier molecular flexibility index (Phi) is 4.32. The van der Waals surface area contributed by atoms with Gasteiger partial charge in [0.25, 0.3) is 5.91 Å². The summed E-state index contributed by atoms with van der Waals surface area (Å²) in [7, 11) is 7.41. The zero-order valence-corrected chi connectivity index (χ0v) is 14.3. The summed E-state index contributed by atoms with van der Waals surface area (Å²) in [6, 6.07) is 1.71. The first-order valence-corrected chi connectivity index (χ1v) is 7.78. The minimum Gasteiger partial charge on any atom is -0.360 e. The molecule has 0 aromatic carbocycles. The fourth-order valence-corrected chi connectivity index (χ4v) is 2.08. The number of carbonyl (C=O) groups is 1. The summed E-state index contributed by atoms with van der Waals surface area (Å²) in [5, 5.41) is 6.59. The molecule has 0 bridgehead atoms. The van der Waals surface area contributed by atoms with Crippen LogP contribution in [0.4, 0.5) is 11.9 Å². The van der Waals surface area contributed by atoms with Gasteiger partial charge in [-0.05, 0) is 12.8 Å². The molecule has 0 saturated heterocycles. The SMILES string of the molecule is CN(C)c1nc(CNC(=O)c2cc(C3CC3)on2)nc(N(C)C)n1. The van der Waals surface area contributed by atoms with E-state index in [1.54, 1.807) is 15.9 Å². The lowest BCUT2D eigenvalue weighted by molar-refractivity contribution is 0.0940. The van der Waals surface area contributed by atoms with Gasteiger partial charge in [-0.1, -0.05) is 5.16 Å². The molecule has 24 heavy (non-hydrogen) atoms. The number of anilines is 2. The lowest BCUT2D eigenvalue weighted by Gasteiger charge is -2.16.